The van der Waals surface area contributed by atoms with Crippen molar-refractivity contribution in [2.75, 3.05) is 6.54 Å². The van der Waals surface area contributed by atoms with Crippen LogP contribution in [0.3, 0.4) is 0 Å². The Kier molecular flexibility index (Phi) is 3.17. The van der Waals surface area contributed by atoms with Gasteiger partial charge in [0.2, 0.25) is 0 Å². The molecule has 1 aromatic rings. The number of rotatable bonds is 3. The fraction of sp³-hybridized carbons (Fsp3) is 0.600. The molecule has 17 heavy (non-hydrogen) atoms. The van der Waals surface area contributed by atoms with Gasteiger partial charge in [-0.3, -0.25) is 4.90 Å². The van der Waals surface area contributed by atoms with E-state index in [1.165, 1.54) is 43.4 Å². The predicted octanol–water partition coefficient (Wildman–Crippen LogP) is 2.52. The minimum Gasteiger partial charge on any atom is -0.327 e. The molecule has 1 aliphatic heterocycles. The van der Waals surface area contributed by atoms with Crippen LogP contribution in [0.1, 0.15) is 36.8 Å². The van der Waals surface area contributed by atoms with E-state index < -0.39 is 0 Å². The molecule has 92 valence electrons. The van der Waals surface area contributed by atoms with Crippen molar-refractivity contribution in [3.8, 4) is 0 Å². The number of fused-ring (bicyclic) bond motifs is 1. The van der Waals surface area contributed by atoms with Crippen molar-refractivity contribution in [2.24, 2.45) is 11.7 Å². The van der Waals surface area contributed by atoms with Crippen LogP contribution in [-0.2, 0) is 13.1 Å². The molecule has 0 spiro atoms. The van der Waals surface area contributed by atoms with E-state index >= 15 is 0 Å². The van der Waals surface area contributed by atoms with Crippen LogP contribution in [0.5, 0.6) is 0 Å². The third kappa shape index (κ3) is 2.38. The Labute approximate surface area is 104 Å². The lowest BCUT2D eigenvalue weighted by Crippen LogP contribution is -2.28. The third-order valence-electron chi connectivity index (χ3n) is 4.44. The summed E-state index contributed by atoms with van der Waals surface area (Å²) in [4.78, 5) is 2.57. The molecule has 1 saturated carbocycles. The highest BCUT2D eigenvalue weighted by Gasteiger charge is 2.25. The van der Waals surface area contributed by atoms with E-state index in [1.807, 2.05) is 0 Å². The van der Waals surface area contributed by atoms with Gasteiger partial charge in [-0.25, -0.2) is 0 Å². The van der Waals surface area contributed by atoms with Gasteiger partial charge in [0.15, 0.2) is 0 Å². The number of hydrogen-bond donors (Lipinski definition) is 1. The molecule has 1 aromatic carbocycles. The van der Waals surface area contributed by atoms with E-state index in [0.717, 1.165) is 19.0 Å². The number of benzene rings is 1. The summed E-state index contributed by atoms with van der Waals surface area (Å²) >= 11 is 0. The molecule has 0 aromatic heterocycles. The second kappa shape index (κ2) is 4.79. The van der Waals surface area contributed by atoms with Gasteiger partial charge in [-0.05, 0) is 42.9 Å². The molecule has 2 nitrogen and oxygen atoms in total. The summed E-state index contributed by atoms with van der Waals surface area (Å²) in [6, 6.07) is 9.29. The number of nitrogens with zero attached hydrogens (tertiary/aromatic N) is 1. The largest absolute Gasteiger partial charge is 0.327 e. The first-order valence-electron chi connectivity index (χ1n) is 6.87. The standard InChI is InChI=1S/C15H22N2/c16-15-7-3-6-12(15)8-9-17-10-13-4-1-2-5-14(13)11-17/h1-2,4-5,12,15H,3,6-11,16H2. The predicted molar refractivity (Wildman–Crippen MR) is 70.5 cm³/mol. The lowest BCUT2D eigenvalue weighted by molar-refractivity contribution is 0.253. The Balaban J connectivity index is 1.52. The molecule has 2 unspecified atom stereocenters. The fourth-order valence-corrected chi connectivity index (χ4v) is 3.33. The molecule has 2 atom stereocenters. The van der Waals surface area contributed by atoms with Gasteiger partial charge in [-0.15, -0.1) is 0 Å². The number of hydrogen-bond acceptors (Lipinski definition) is 2. The minimum atomic E-state index is 0.472. The summed E-state index contributed by atoms with van der Waals surface area (Å²) in [5.74, 6) is 0.777. The van der Waals surface area contributed by atoms with Crippen molar-refractivity contribution in [2.45, 2.75) is 44.8 Å². The Hall–Kier alpha value is -0.860. The molecule has 0 amide bonds. The van der Waals surface area contributed by atoms with Gasteiger partial charge in [0, 0.05) is 19.1 Å². The first kappa shape index (κ1) is 11.2. The van der Waals surface area contributed by atoms with Crippen molar-refractivity contribution in [1.29, 1.82) is 0 Å². The average molecular weight is 230 g/mol. The highest BCUT2D eigenvalue weighted by Crippen LogP contribution is 2.29. The molecule has 0 bridgehead atoms. The van der Waals surface area contributed by atoms with Crippen LogP contribution in [0.15, 0.2) is 24.3 Å². The van der Waals surface area contributed by atoms with Gasteiger partial charge in [0.25, 0.3) is 0 Å². The normalized spacial score (nSPS) is 28.5. The van der Waals surface area contributed by atoms with Crippen molar-refractivity contribution in [3.63, 3.8) is 0 Å². The van der Waals surface area contributed by atoms with E-state index in [1.54, 1.807) is 0 Å². The molecule has 1 heterocycles. The molecule has 0 radical (unpaired) electrons. The fourth-order valence-electron chi connectivity index (χ4n) is 3.33. The van der Waals surface area contributed by atoms with Gasteiger partial charge in [-0.1, -0.05) is 30.7 Å². The second-order valence-corrected chi connectivity index (χ2v) is 5.62. The summed E-state index contributed by atoms with van der Waals surface area (Å²) in [6.07, 6.45) is 5.22. The van der Waals surface area contributed by atoms with Gasteiger partial charge in [0.1, 0.15) is 0 Å². The maximum absolute atomic E-state index is 6.13. The Morgan fingerprint density at radius 2 is 1.82 bits per heavy atom. The van der Waals surface area contributed by atoms with Crippen LogP contribution in [0.25, 0.3) is 0 Å². The van der Waals surface area contributed by atoms with Crippen molar-refractivity contribution in [1.82, 2.24) is 4.90 Å². The van der Waals surface area contributed by atoms with Crippen molar-refractivity contribution >= 4 is 0 Å². The monoisotopic (exact) mass is 230 g/mol. The smallest absolute Gasteiger partial charge is 0.0240 e. The maximum atomic E-state index is 6.13. The molecule has 1 aliphatic carbocycles. The number of nitrogens with two attached hydrogens (primary N) is 1. The third-order valence-corrected chi connectivity index (χ3v) is 4.44. The zero-order valence-electron chi connectivity index (χ0n) is 10.4. The zero-order chi connectivity index (χ0) is 11.7. The second-order valence-electron chi connectivity index (χ2n) is 5.62. The molecule has 3 rings (SSSR count). The molecule has 0 saturated heterocycles. The van der Waals surface area contributed by atoms with E-state index in [0.29, 0.717) is 6.04 Å². The SMILES string of the molecule is NC1CCCC1CCN1Cc2ccccc2C1. The first-order valence-corrected chi connectivity index (χ1v) is 6.87. The molecular weight excluding hydrogens is 208 g/mol. The van der Waals surface area contributed by atoms with Crippen LogP contribution in [0, 0.1) is 5.92 Å². The first-order chi connectivity index (χ1) is 8.33. The lowest BCUT2D eigenvalue weighted by Gasteiger charge is -2.20. The van der Waals surface area contributed by atoms with Crippen LogP contribution in [-0.4, -0.2) is 17.5 Å². The van der Waals surface area contributed by atoms with E-state index in [2.05, 4.69) is 29.2 Å². The molecular formula is C15H22N2. The molecule has 2 N–H and O–H groups in total. The molecule has 2 heteroatoms. The summed E-state index contributed by atoms with van der Waals surface area (Å²) in [5, 5.41) is 0. The van der Waals surface area contributed by atoms with Crippen LogP contribution in [0.4, 0.5) is 0 Å². The highest BCUT2D eigenvalue weighted by molar-refractivity contribution is 5.30. The molecule has 1 fully saturated rings. The summed E-state index contributed by atoms with van der Waals surface area (Å²) in [6.45, 7) is 3.49. The maximum Gasteiger partial charge on any atom is 0.0240 e. The van der Waals surface area contributed by atoms with Crippen LogP contribution < -0.4 is 5.73 Å². The summed E-state index contributed by atoms with van der Waals surface area (Å²) in [7, 11) is 0. The van der Waals surface area contributed by atoms with Gasteiger partial charge >= 0.3 is 0 Å². The summed E-state index contributed by atoms with van der Waals surface area (Å²) in [5.41, 5.74) is 9.16. The minimum absolute atomic E-state index is 0.472. The average Bonchev–Trinajstić information content (AvgIpc) is 2.92. The van der Waals surface area contributed by atoms with E-state index in [9.17, 15) is 0 Å². The highest BCUT2D eigenvalue weighted by atomic mass is 15.1. The quantitative estimate of drug-likeness (QED) is 0.864. The Morgan fingerprint density at radius 1 is 1.12 bits per heavy atom. The molecule has 2 aliphatic rings. The van der Waals surface area contributed by atoms with Crippen LogP contribution in [0.2, 0.25) is 0 Å². The lowest BCUT2D eigenvalue weighted by atomic mass is 10.0. The zero-order valence-corrected chi connectivity index (χ0v) is 10.4. The van der Waals surface area contributed by atoms with Gasteiger partial charge in [0.05, 0.1) is 0 Å². The summed E-state index contributed by atoms with van der Waals surface area (Å²) < 4.78 is 0. The van der Waals surface area contributed by atoms with Gasteiger partial charge < -0.3 is 5.73 Å². The van der Waals surface area contributed by atoms with Gasteiger partial charge in [-0.2, -0.15) is 0 Å². The Bertz CT molecular complexity index is 363. The van der Waals surface area contributed by atoms with Crippen LogP contribution >= 0.6 is 0 Å². The van der Waals surface area contributed by atoms with Crippen molar-refractivity contribution < 1.29 is 0 Å². The van der Waals surface area contributed by atoms with E-state index in [4.69, 9.17) is 5.73 Å². The Morgan fingerprint density at radius 3 is 2.41 bits per heavy atom. The van der Waals surface area contributed by atoms with Crippen molar-refractivity contribution in [3.05, 3.63) is 35.4 Å². The topological polar surface area (TPSA) is 29.3 Å². The van der Waals surface area contributed by atoms with E-state index in [-0.39, 0.29) is 0 Å².